The maximum atomic E-state index is 11.5. The maximum Gasteiger partial charge on any atom is 0.232 e. The van der Waals surface area contributed by atoms with Crippen LogP contribution in [0.4, 0.5) is 5.69 Å². The van der Waals surface area contributed by atoms with Gasteiger partial charge in [0.1, 0.15) is 0 Å². The summed E-state index contributed by atoms with van der Waals surface area (Å²) in [5.41, 5.74) is 1.62. The summed E-state index contributed by atoms with van der Waals surface area (Å²) in [5, 5.41) is 0. The van der Waals surface area contributed by atoms with Crippen molar-refractivity contribution in [1.29, 1.82) is 0 Å². The van der Waals surface area contributed by atoms with E-state index in [0.29, 0.717) is 31.9 Å². The van der Waals surface area contributed by atoms with Crippen molar-refractivity contribution in [3.8, 4) is 0 Å². The Kier molecular flexibility index (Phi) is 5.66. The zero-order valence-corrected chi connectivity index (χ0v) is 15.0. The number of hydrogen-bond acceptors (Lipinski definition) is 5. The highest BCUT2D eigenvalue weighted by Crippen LogP contribution is 2.15. The molecule has 0 atom stereocenters. The minimum atomic E-state index is -3.26. The van der Waals surface area contributed by atoms with Crippen LogP contribution in [-0.2, 0) is 26.6 Å². The zero-order chi connectivity index (χ0) is 17.1. The molecule has 23 heavy (non-hydrogen) atoms. The molecule has 0 unspecified atom stereocenters. The third-order valence-electron chi connectivity index (χ3n) is 3.81. The maximum absolute atomic E-state index is 11.5. The van der Waals surface area contributed by atoms with Crippen molar-refractivity contribution in [2.75, 3.05) is 42.9 Å². The molecule has 1 aliphatic heterocycles. The highest BCUT2D eigenvalue weighted by Gasteiger charge is 2.23. The Morgan fingerprint density at radius 1 is 1.00 bits per heavy atom. The zero-order valence-electron chi connectivity index (χ0n) is 13.4. The van der Waals surface area contributed by atoms with Gasteiger partial charge in [0.25, 0.3) is 0 Å². The second-order valence-corrected chi connectivity index (χ2v) is 9.63. The van der Waals surface area contributed by atoms with Gasteiger partial charge in [-0.3, -0.25) is 9.62 Å². The predicted molar refractivity (Wildman–Crippen MR) is 91.2 cm³/mol. The molecule has 0 bridgehead atoms. The minimum Gasteiger partial charge on any atom is -0.296 e. The van der Waals surface area contributed by atoms with Gasteiger partial charge in [0.15, 0.2) is 0 Å². The lowest BCUT2D eigenvalue weighted by Crippen LogP contribution is -2.47. The van der Waals surface area contributed by atoms with Crippen molar-refractivity contribution < 1.29 is 16.8 Å². The smallest absolute Gasteiger partial charge is 0.232 e. The summed E-state index contributed by atoms with van der Waals surface area (Å²) in [6.45, 7) is 4.71. The largest absolute Gasteiger partial charge is 0.296 e. The van der Waals surface area contributed by atoms with Crippen LogP contribution in [-0.4, -0.2) is 64.2 Å². The van der Waals surface area contributed by atoms with Crippen molar-refractivity contribution in [3.05, 3.63) is 29.8 Å². The topological polar surface area (TPSA) is 86.8 Å². The molecule has 1 heterocycles. The normalized spacial score (nSPS) is 18.0. The van der Waals surface area contributed by atoms with Crippen molar-refractivity contribution in [2.24, 2.45) is 0 Å². The highest BCUT2D eigenvalue weighted by atomic mass is 32.2. The van der Waals surface area contributed by atoms with Gasteiger partial charge in [0.2, 0.25) is 20.0 Å². The summed E-state index contributed by atoms with van der Waals surface area (Å²) in [6, 6.07) is 7.26. The predicted octanol–water partition coefficient (Wildman–Crippen LogP) is 0.525. The summed E-state index contributed by atoms with van der Waals surface area (Å²) in [5.74, 6) is 0.0410. The summed E-state index contributed by atoms with van der Waals surface area (Å²) in [6.07, 6.45) is 1.23. The Morgan fingerprint density at radius 2 is 1.57 bits per heavy atom. The lowest BCUT2D eigenvalue weighted by Gasteiger charge is -2.33. The second kappa shape index (κ2) is 7.16. The first-order valence-electron chi connectivity index (χ1n) is 7.46. The van der Waals surface area contributed by atoms with Crippen LogP contribution in [0.25, 0.3) is 0 Å². The van der Waals surface area contributed by atoms with E-state index < -0.39 is 20.0 Å². The van der Waals surface area contributed by atoms with Crippen molar-refractivity contribution in [3.63, 3.8) is 0 Å². The first kappa shape index (κ1) is 18.2. The molecular weight excluding hydrogens is 338 g/mol. The van der Waals surface area contributed by atoms with Gasteiger partial charge in [-0.15, -0.1) is 0 Å². The van der Waals surface area contributed by atoms with Crippen LogP contribution in [0.2, 0.25) is 0 Å². The molecule has 7 nitrogen and oxygen atoms in total. The van der Waals surface area contributed by atoms with Gasteiger partial charge in [-0.1, -0.05) is 12.1 Å². The highest BCUT2D eigenvalue weighted by molar-refractivity contribution is 7.92. The quantitative estimate of drug-likeness (QED) is 0.798. The third kappa shape index (κ3) is 5.45. The molecule has 1 saturated heterocycles. The fourth-order valence-electron chi connectivity index (χ4n) is 2.41. The van der Waals surface area contributed by atoms with Crippen LogP contribution in [0, 0.1) is 0 Å². The summed E-state index contributed by atoms with van der Waals surface area (Å²) in [4.78, 5) is 2.19. The van der Waals surface area contributed by atoms with E-state index in [9.17, 15) is 16.8 Å². The lowest BCUT2D eigenvalue weighted by atomic mass is 10.2. The fourth-order valence-corrected chi connectivity index (χ4v) is 3.87. The third-order valence-corrected chi connectivity index (χ3v) is 6.42. The van der Waals surface area contributed by atoms with Crippen LogP contribution in [0.5, 0.6) is 0 Å². The fraction of sp³-hybridized carbons (Fsp3) is 0.571. The number of nitrogens with zero attached hydrogens (tertiary/aromatic N) is 2. The first-order valence-corrected chi connectivity index (χ1v) is 11.0. The van der Waals surface area contributed by atoms with E-state index in [4.69, 9.17) is 0 Å². The molecule has 0 amide bonds. The monoisotopic (exact) mass is 361 g/mol. The number of hydrogen-bond donors (Lipinski definition) is 1. The molecule has 1 aromatic rings. The molecule has 9 heteroatoms. The van der Waals surface area contributed by atoms with E-state index in [1.54, 1.807) is 19.1 Å². The van der Waals surface area contributed by atoms with E-state index in [-0.39, 0.29) is 5.75 Å². The molecule has 2 rings (SSSR count). The SMILES string of the molecule is CCS(=O)(=O)Nc1ccc(CN2CCN(S(C)(=O)=O)CC2)cc1. The van der Waals surface area contributed by atoms with E-state index in [2.05, 4.69) is 9.62 Å². The van der Waals surface area contributed by atoms with Crippen LogP contribution in [0.3, 0.4) is 0 Å². The van der Waals surface area contributed by atoms with Gasteiger partial charge < -0.3 is 0 Å². The summed E-state index contributed by atoms with van der Waals surface area (Å²) >= 11 is 0. The molecule has 1 aromatic carbocycles. The molecule has 0 saturated carbocycles. The van der Waals surface area contributed by atoms with E-state index in [1.165, 1.54) is 10.6 Å². The van der Waals surface area contributed by atoms with Crippen LogP contribution in [0.1, 0.15) is 12.5 Å². The molecule has 1 N–H and O–H groups in total. The number of piperazine rings is 1. The van der Waals surface area contributed by atoms with Crippen LogP contribution >= 0.6 is 0 Å². The molecule has 1 fully saturated rings. The number of benzene rings is 1. The molecule has 0 radical (unpaired) electrons. The number of nitrogens with one attached hydrogen (secondary N) is 1. The van der Waals surface area contributed by atoms with E-state index >= 15 is 0 Å². The van der Waals surface area contributed by atoms with Gasteiger partial charge in [0.05, 0.1) is 12.0 Å². The van der Waals surface area contributed by atoms with Gasteiger partial charge in [0, 0.05) is 38.4 Å². The second-order valence-electron chi connectivity index (χ2n) is 5.64. The Balaban J connectivity index is 1.90. The van der Waals surface area contributed by atoms with Crippen molar-refractivity contribution >= 4 is 25.7 Å². The van der Waals surface area contributed by atoms with Gasteiger partial charge in [-0.25, -0.2) is 16.8 Å². The molecule has 1 aliphatic rings. The summed E-state index contributed by atoms with van der Waals surface area (Å²) in [7, 11) is -6.36. The molecular formula is C14H23N3O4S2. The summed E-state index contributed by atoms with van der Waals surface area (Å²) < 4.78 is 50.0. The Bertz CT molecular complexity index is 722. The Labute approximate surface area is 138 Å². The first-order chi connectivity index (χ1) is 10.7. The van der Waals surface area contributed by atoms with Crippen molar-refractivity contribution in [1.82, 2.24) is 9.21 Å². The van der Waals surface area contributed by atoms with Gasteiger partial charge in [-0.05, 0) is 24.6 Å². The number of sulfonamides is 2. The van der Waals surface area contributed by atoms with Gasteiger partial charge in [-0.2, -0.15) is 4.31 Å². The molecule has 0 aliphatic carbocycles. The average Bonchev–Trinajstić information content (AvgIpc) is 2.49. The van der Waals surface area contributed by atoms with Crippen LogP contribution < -0.4 is 4.72 Å². The average molecular weight is 361 g/mol. The standard InChI is InChI=1S/C14H23N3O4S2/c1-3-23(20,21)15-14-6-4-13(5-7-14)12-16-8-10-17(11-9-16)22(2,18)19/h4-7,15H,3,8-12H2,1-2H3. The molecule has 130 valence electrons. The number of anilines is 1. The van der Waals surface area contributed by atoms with E-state index in [1.807, 2.05) is 12.1 Å². The number of rotatable bonds is 6. The Hall–Kier alpha value is -1.16. The molecule has 0 spiro atoms. The van der Waals surface area contributed by atoms with Crippen molar-refractivity contribution in [2.45, 2.75) is 13.5 Å². The Morgan fingerprint density at radius 3 is 2.04 bits per heavy atom. The van der Waals surface area contributed by atoms with Crippen LogP contribution in [0.15, 0.2) is 24.3 Å². The molecule has 0 aromatic heterocycles. The lowest BCUT2D eigenvalue weighted by molar-refractivity contribution is 0.182. The minimum absolute atomic E-state index is 0.0410. The van der Waals surface area contributed by atoms with Gasteiger partial charge >= 0.3 is 0 Å². The van der Waals surface area contributed by atoms with E-state index in [0.717, 1.165) is 12.1 Å².